The van der Waals surface area contributed by atoms with Gasteiger partial charge in [-0.2, -0.15) is 5.10 Å². The van der Waals surface area contributed by atoms with Crippen molar-refractivity contribution >= 4 is 11.9 Å². The van der Waals surface area contributed by atoms with E-state index in [1.54, 1.807) is 6.92 Å². The van der Waals surface area contributed by atoms with Crippen LogP contribution in [0.25, 0.3) is 0 Å². The van der Waals surface area contributed by atoms with E-state index in [4.69, 9.17) is 0 Å². The van der Waals surface area contributed by atoms with Gasteiger partial charge in [-0.25, -0.2) is 13.8 Å². The van der Waals surface area contributed by atoms with Crippen LogP contribution >= 0.6 is 0 Å². The van der Waals surface area contributed by atoms with Crippen LogP contribution in [0.1, 0.15) is 16.2 Å². The maximum absolute atomic E-state index is 12.3. The monoisotopic (exact) mass is 283 g/mol. The first kappa shape index (κ1) is 13.8. The van der Waals surface area contributed by atoms with Crippen molar-refractivity contribution in [3.8, 4) is 0 Å². The summed E-state index contributed by atoms with van der Waals surface area (Å²) in [5.74, 6) is -0.735. The molecule has 1 amide bonds. The Bertz CT molecular complexity index is 679. The molecule has 0 saturated heterocycles. The number of halogens is 2. The average molecular weight is 283 g/mol. The van der Waals surface area contributed by atoms with Crippen LogP contribution < -0.4 is 10.9 Å². The lowest BCUT2D eigenvalue weighted by Gasteiger charge is -2.07. The second-order valence-electron chi connectivity index (χ2n) is 3.98. The molecule has 2 N–H and O–H groups in total. The lowest BCUT2D eigenvalue weighted by Crippen LogP contribution is -2.22. The lowest BCUT2D eigenvalue weighted by molar-refractivity contribution is 0.0988. The zero-order valence-electron chi connectivity index (χ0n) is 10.4. The molecule has 0 aliphatic heterocycles. The number of nitrogens with one attached hydrogen (secondary N) is 2. The average Bonchev–Trinajstić information content (AvgIpc) is 2.74. The van der Waals surface area contributed by atoms with Gasteiger partial charge in [-0.3, -0.25) is 24.6 Å². The Morgan fingerprint density at radius 3 is 2.95 bits per heavy atom. The van der Waals surface area contributed by atoms with Crippen LogP contribution in [0.4, 0.5) is 14.7 Å². The van der Waals surface area contributed by atoms with Gasteiger partial charge in [0.2, 0.25) is 5.95 Å². The molecule has 0 saturated carbocycles. The highest BCUT2D eigenvalue weighted by Crippen LogP contribution is 2.06. The molecule has 0 aromatic carbocycles. The van der Waals surface area contributed by atoms with Crippen LogP contribution in [0.2, 0.25) is 0 Å². The molecule has 9 heteroatoms. The molecule has 2 aromatic heterocycles. The van der Waals surface area contributed by atoms with E-state index in [0.717, 1.165) is 4.68 Å². The van der Waals surface area contributed by atoms with Crippen molar-refractivity contribution in [3.63, 3.8) is 0 Å². The summed E-state index contributed by atoms with van der Waals surface area (Å²) < 4.78 is 25.5. The van der Waals surface area contributed by atoms with Gasteiger partial charge in [0, 0.05) is 18.0 Å². The molecular formula is C11H11F2N5O2. The van der Waals surface area contributed by atoms with Gasteiger partial charge < -0.3 is 0 Å². The number of amides is 1. The highest BCUT2D eigenvalue weighted by atomic mass is 19.3. The van der Waals surface area contributed by atoms with Crippen LogP contribution in [0, 0.1) is 6.92 Å². The Kier molecular flexibility index (Phi) is 3.87. The summed E-state index contributed by atoms with van der Waals surface area (Å²) in [5, 5.41) is 5.97. The highest BCUT2D eigenvalue weighted by molar-refractivity contribution is 6.01. The lowest BCUT2D eigenvalue weighted by atomic mass is 10.4. The van der Waals surface area contributed by atoms with Gasteiger partial charge in [-0.1, -0.05) is 0 Å². The van der Waals surface area contributed by atoms with E-state index >= 15 is 0 Å². The second-order valence-corrected chi connectivity index (χ2v) is 3.98. The van der Waals surface area contributed by atoms with Crippen molar-refractivity contribution in [1.29, 1.82) is 0 Å². The molecule has 0 fully saturated rings. The van der Waals surface area contributed by atoms with E-state index in [1.807, 2.05) is 0 Å². The molecule has 0 unspecified atom stereocenters. The third-order valence-corrected chi connectivity index (χ3v) is 2.36. The maximum atomic E-state index is 12.3. The van der Waals surface area contributed by atoms with Crippen LogP contribution in [0.3, 0.4) is 0 Å². The SMILES string of the molecule is Cc1cc(=O)[nH]c(NC(=O)c2ccnn2CC(F)F)n1. The highest BCUT2D eigenvalue weighted by Gasteiger charge is 2.16. The number of alkyl halides is 2. The number of hydrogen-bond acceptors (Lipinski definition) is 4. The molecule has 2 aromatic rings. The number of carbonyl (C=O) groups excluding carboxylic acids is 1. The van der Waals surface area contributed by atoms with Gasteiger partial charge in [0.25, 0.3) is 17.9 Å². The minimum atomic E-state index is -2.63. The molecule has 0 aliphatic rings. The Balaban J connectivity index is 2.20. The van der Waals surface area contributed by atoms with Gasteiger partial charge in [-0.15, -0.1) is 0 Å². The first-order valence-electron chi connectivity index (χ1n) is 5.65. The van der Waals surface area contributed by atoms with E-state index < -0.39 is 24.4 Å². The molecule has 106 valence electrons. The van der Waals surface area contributed by atoms with E-state index in [2.05, 4.69) is 20.4 Å². The molecule has 0 spiro atoms. The number of hydrogen-bond donors (Lipinski definition) is 2. The predicted octanol–water partition coefficient (Wildman–Crippen LogP) is 0.792. The summed E-state index contributed by atoms with van der Waals surface area (Å²) in [7, 11) is 0. The van der Waals surface area contributed by atoms with Gasteiger partial charge in [0.15, 0.2) is 0 Å². The smallest absolute Gasteiger partial charge is 0.276 e. The molecule has 0 aliphatic carbocycles. The topological polar surface area (TPSA) is 92.7 Å². The first-order chi connectivity index (χ1) is 9.45. The molecule has 2 rings (SSSR count). The molecule has 0 radical (unpaired) electrons. The minimum absolute atomic E-state index is 0.0468. The fourth-order valence-electron chi connectivity index (χ4n) is 1.61. The van der Waals surface area contributed by atoms with Gasteiger partial charge in [0.1, 0.15) is 12.2 Å². The normalized spacial score (nSPS) is 10.8. The summed E-state index contributed by atoms with van der Waals surface area (Å²) >= 11 is 0. The summed E-state index contributed by atoms with van der Waals surface area (Å²) in [6.45, 7) is 0.902. The Morgan fingerprint density at radius 1 is 1.55 bits per heavy atom. The standard InChI is InChI=1S/C11H11F2N5O2/c1-6-4-9(19)16-11(15-6)17-10(20)7-2-3-14-18(7)5-8(12)13/h2-4,8H,5H2,1H3,(H2,15,16,17,19,20). The quantitative estimate of drug-likeness (QED) is 0.867. The molecular weight excluding hydrogens is 272 g/mol. The number of aromatic amines is 1. The van der Waals surface area contributed by atoms with Crippen LogP contribution in [-0.2, 0) is 6.54 Å². The summed E-state index contributed by atoms with van der Waals surface area (Å²) in [4.78, 5) is 29.4. The summed E-state index contributed by atoms with van der Waals surface area (Å²) in [6.07, 6.45) is -1.39. The largest absolute Gasteiger partial charge is 0.292 e. The van der Waals surface area contributed by atoms with Crippen molar-refractivity contribution in [2.45, 2.75) is 19.9 Å². The number of rotatable bonds is 4. The molecule has 20 heavy (non-hydrogen) atoms. The van der Waals surface area contributed by atoms with Crippen molar-refractivity contribution in [2.75, 3.05) is 5.32 Å². The van der Waals surface area contributed by atoms with Gasteiger partial charge >= 0.3 is 0 Å². The van der Waals surface area contributed by atoms with Crippen molar-refractivity contribution in [2.24, 2.45) is 0 Å². The zero-order valence-corrected chi connectivity index (χ0v) is 10.4. The first-order valence-corrected chi connectivity index (χ1v) is 5.65. The third-order valence-electron chi connectivity index (χ3n) is 2.36. The van der Waals surface area contributed by atoms with E-state index in [-0.39, 0.29) is 11.6 Å². The Labute approximate surface area is 111 Å². The van der Waals surface area contributed by atoms with E-state index in [9.17, 15) is 18.4 Å². The maximum Gasteiger partial charge on any atom is 0.276 e. The van der Waals surface area contributed by atoms with Crippen LogP contribution in [0.15, 0.2) is 23.1 Å². The van der Waals surface area contributed by atoms with Crippen molar-refractivity contribution in [1.82, 2.24) is 19.7 Å². The fourth-order valence-corrected chi connectivity index (χ4v) is 1.61. The number of aromatic nitrogens is 4. The number of H-pyrrole nitrogens is 1. The predicted molar refractivity (Wildman–Crippen MR) is 65.8 cm³/mol. The van der Waals surface area contributed by atoms with Crippen molar-refractivity contribution in [3.05, 3.63) is 40.1 Å². The van der Waals surface area contributed by atoms with Crippen LogP contribution in [-0.4, -0.2) is 32.1 Å². The summed E-state index contributed by atoms with van der Waals surface area (Å²) in [5.41, 5.74) is -0.0477. The van der Waals surface area contributed by atoms with E-state index in [0.29, 0.717) is 5.69 Å². The Hall–Kier alpha value is -2.58. The minimum Gasteiger partial charge on any atom is -0.292 e. The number of nitrogens with zero attached hydrogens (tertiary/aromatic N) is 3. The number of anilines is 1. The summed E-state index contributed by atoms with van der Waals surface area (Å²) in [6, 6.07) is 2.56. The third kappa shape index (κ3) is 3.25. The zero-order chi connectivity index (χ0) is 14.7. The fraction of sp³-hybridized carbons (Fsp3) is 0.273. The van der Waals surface area contributed by atoms with Gasteiger partial charge in [0.05, 0.1) is 0 Å². The van der Waals surface area contributed by atoms with E-state index in [1.165, 1.54) is 18.3 Å². The number of aryl methyl sites for hydroxylation is 1. The molecule has 0 atom stereocenters. The number of carbonyl (C=O) groups is 1. The van der Waals surface area contributed by atoms with Gasteiger partial charge in [-0.05, 0) is 13.0 Å². The second kappa shape index (κ2) is 5.59. The molecule has 7 nitrogen and oxygen atoms in total. The van der Waals surface area contributed by atoms with Crippen LogP contribution in [0.5, 0.6) is 0 Å². The molecule has 0 bridgehead atoms. The van der Waals surface area contributed by atoms with Crippen molar-refractivity contribution < 1.29 is 13.6 Å². The Morgan fingerprint density at radius 2 is 2.30 bits per heavy atom. The molecule has 2 heterocycles.